The largest absolute Gasteiger partial charge is 0.465 e. The topological polar surface area (TPSA) is 67.4 Å². The Morgan fingerprint density at radius 1 is 1.23 bits per heavy atom. The van der Waals surface area contributed by atoms with Crippen molar-refractivity contribution in [2.45, 2.75) is 38.6 Å². The second-order valence-corrected chi connectivity index (χ2v) is 5.83. The van der Waals surface area contributed by atoms with E-state index in [2.05, 4.69) is 17.6 Å². The number of hydrogen-bond acceptors (Lipinski definition) is 4. The molecule has 5 heteroatoms. The van der Waals surface area contributed by atoms with Gasteiger partial charge in [0.1, 0.15) is 0 Å². The molecule has 2 atom stereocenters. The predicted molar refractivity (Wildman–Crippen MR) is 85.8 cm³/mol. The molecule has 120 valence electrons. The Morgan fingerprint density at radius 3 is 2.68 bits per heavy atom. The van der Waals surface area contributed by atoms with Crippen molar-refractivity contribution in [2.24, 2.45) is 5.92 Å². The Labute approximate surface area is 131 Å². The normalized spacial score (nSPS) is 21.0. The van der Waals surface area contributed by atoms with Gasteiger partial charge >= 0.3 is 5.97 Å². The van der Waals surface area contributed by atoms with Gasteiger partial charge in [-0.25, -0.2) is 4.79 Å². The minimum Gasteiger partial charge on any atom is -0.465 e. The number of para-hydroxylation sites is 1. The molecule has 1 fully saturated rings. The van der Waals surface area contributed by atoms with E-state index in [9.17, 15) is 9.59 Å². The summed E-state index contributed by atoms with van der Waals surface area (Å²) in [6, 6.07) is 7.29. The molecule has 0 radical (unpaired) electrons. The number of hydrogen-bond donors (Lipinski definition) is 2. The molecular formula is C17H24N2O3. The zero-order valence-electron chi connectivity index (χ0n) is 13.2. The fraction of sp³-hybridized carbons (Fsp3) is 0.529. The quantitative estimate of drug-likeness (QED) is 0.821. The maximum Gasteiger partial charge on any atom is 0.339 e. The van der Waals surface area contributed by atoms with Crippen molar-refractivity contribution in [2.75, 3.05) is 19.0 Å². The minimum atomic E-state index is -0.413. The molecule has 0 aliphatic heterocycles. The number of esters is 1. The first-order valence-electron chi connectivity index (χ1n) is 7.82. The van der Waals surface area contributed by atoms with Crippen molar-refractivity contribution in [1.29, 1.82) is 0 Å². The van der Waals surface area contributed by atoms with Crippen LogP contribution >= 0.6 is 0 Å². The molecule has 0 spiro atoms. The first kappa shape index (κ1) is 16.3. The van der Waals surface area contributed by atoms with Crippen LogP contribution in [-0.2, 0) is 9.53 Å². The Kier molecular flexibility index (Phi) is 5.81. The first-order valence-corrected chi connectivity index (χ1v) is 7.82. The van der Waals surface area contributed by atoms with Gasteiger partial charge in [-0.05, 0) is 30.9 Å². The monoisotopic (exact) mass is 304 g/mol. The number of carbonyl (C=O) groups excluding carboxylic acids is 2. The summed E-state index contributed by atoms with van der Waals surface area (Å²) in [5.74, 6) is 0.0721. The summed E-state index contributed by atoms with van der Waals surface area (Å²) in [4.78, 5) is 23.8. The summed E-state index contributed by atoms with van der Waals surface area (Å²) in [6.45, 7) is 2.33. The standard InChI is InChI=1S/C17H24N2O3/c1-12-7-3-5-9-14(12)19-16(20)11-18-15-10-6-4-8-13(15)17(21)22-2/h4,6,8,10,12,14,18H,3,5,7,9,11H2,1-2H3,(H,19,20). The summed E-state index contributed by atoms with van der Waals surface area (Å²) >= 11 is 0. The summed E-state index contributed by atoms with van der Waals surface area (Å²) in [7, 11) is 1.34. The highest BCUT2D eigenvalue weighted by Crippen LogP contribution is 2.23. The van der Waals surface area contributed by atoms with Crippen LogP contribution in [0.4, 0.5) is 5.69 Å². The lowest BCUT2D eigenvalue weighted by molar-refractivity contribution is -0.120. The van der Waals surface area contributed by atoms with Crippen LogP contribution in [0.3, 0.4) is 0 Å². The molecule has 22 heavy (non-hydrogen) atoms. The third-order valence-electron chi connectivity index (χ3n) is 4.23. The zero-order valence-corrected chi connectivity index (χ0v) is 13.2. The molecule has 1 amide bonds. The van der Waals surface area contributed by atoms with Gasteiger partial charge in [0.15, 0.2) is 0 Å². The van der Waals surface area contributed by atoms with Gasteiger partial charge in [0.25, 0.3) is 0 Å². The van der Waals surface area contributed by atoms with Gasteiger partial charge in [-0.1, -0.05) is 31.9 Å². The maximum absolute atomic E-state index is 12.1. The Hall–Kier alpha value is -2.04. The van der Waals surface area contributed by atoms with Crippen LogP contribution in [0.1, 0.15) is 43.0 Å². The second kappa shape index (κ2) is 7.82. The molecule has 1 saturated carbocycles. The average molecular weight is 304 g/mol. The molecule has 0 aromatic heterocycles. The number of methoxy groups -OCH3 is 1. The predicted octanol–water partition coefficient (Wildman–Crippen LogP) is 2.58. The highest BCUT2D eigenvalue weighted by Gasteiger charge is 2.22. The summed E-state index contributed by atoms with van der Waals surface area (Å²) in [6.07, 6.45) is 4.64. The summed E-state index contributed by atoms with van der Waals surface area (Å²) in [5, 5.41) is 6.10. The lowest BCUT2D eigenvalue weighted by Gasteiger charge is -2.29. The van der Waals surface area contributed by atoms with Crippen LogP contribution in [0, 0.1) is 5.92 Å². The zero-order chi connectivity index (χ0) is 15.9. The summed E-state index contributed by atoms with van der Waals surface area (Å²) < 4.78 is 4.74. The number of benzene rings is 1. The SMILES string of the molecule is COC(=O)c1ccccc1NCC(=O)NC1CCCCC1C. The van der Waals surface area contributed by atoms with Crippen LogP contribution in [0.25, 0.3) is 0 Å². The van der Waals surface area contributed by atoms with E-state index in [4.69, 9.17) is 4.74 Å². The smallest absolute Gasteiger partial charge is 0.339 e. The Morgan fingerprint density at radius 2 is 1.95 bits per heavy atom. The molecule has 5 nitrogen and oxygen atoms in total. The van der Waals surface area contributed by atoms with E-state index in [0.29, 0.717) is 17.2 Å². The lowest BCUT2D eigenvalue weighted by atomic mass is 9.86. The van der Waals surface area contributed by atoms with Gasteiger partial charge in [0.2, 0.25) is 5.91 Å². The van der Waals surface area contributed by atoms with E-state index in [1.54, 1.807) is 18.2 Å². The Bertz CT molecular complexity index is 530. The number of nitrogens with one attached hydrogen (secondary N) is 2. The van der Waals surface area contributed by atoms with E-state index >= 15 is 0 Å². The molecule has 2 rings (SSSR count). The molecule has 0 saturated heterocycles. The number of amides is 1. The molecule has 0 bridgehead atoms. The number of rotatable bonds is 5. The molecule has 0 heterocycles. The summed E-state index contributed by atoms with van der Waals surface area (Å²) in [5.41, 5.74) is 1.05. The highest BCUT2D eigenvalue weighted by atomic mass is 16.5. The Balaban J connectivity index is 1.90. The lowest BCUT2D eigenvalue weighted by Crippen LogP contribution is -2.43. The van der Waals surface area contributed by atoms with Gasteiger partial charge in [0, 0.05) is 11.7 Å². The average Bonchev–Trinajstić information content (AvgIpc) is 2.54. The molecule has 2 unspecified atom stereocenters. The van der Waals surface area contributed by atoms with Gasteiger partial charge in [-0.2, -0.15) is 0 Å². The van der Waals surface area contributed by atoms with E-state index in [-0.39, 0.29) is 18.5 Å². The van der Waals surface area contributed by atoms with Crippen LogP contribution in [0.2, 0.25) is 0 Å². The molecular weight excluding hydrogens is 280 g/mol. The van der Waals surface area contributed by atoms with Gasteiger partial charge < -0.3 is 15.4 Å². The second-order valence-electron chi connectivity index (χ2n) is 5.83. The molecule has 1 aromatic rings. The minimum absolute atomic E-state index is 0.0431. The van der Waals surface area contributed by atoms with Crippen LogP contribution in [0.5, 0.6) is 0 Å². The third-order valence-corrected chi connectivity index (χ3v) is 4.23. The highest BCUT2D eigenvalue weighted by molar-refractivity contribution is 5.96. The number of anilines is 1. The van der Waals surface area contributed by atoms with Crippen molar-refractivity contribution in [3.05, 3.63) is 29.8 Å². The molecule has 1 aliphatic rings. The van der Waals surface area contributed by atoms with Crippen LogP contribution < -0.4 is 10.6 Å². The van der Waals surface area contributed by atoms with E-state index in [1.165, 1.54) is 26.4 Å². The van der Waals surface area contributed by atoms with Crippen molar-refractivity contribution < 1.29 is 14.3 Å². The molecule has 1 aromatic carbocycles. The van der Waals surface area contributed by atoms with E-state index < -0.39 is 5.97 Å². The fourth-order valence-corrected chi connectivity index (χ4v) is 2.89. The maximum atomic E-state index is 12.1. The fourth-order valence-electron chi connectivity index (χ4n) is 2.89. The first-order chi connectivity index (χ1) is 10.6. The van der Waals surface area contributed by atoms with Gasteiger partial charge in [-0.15, -0.1) is 0 Å². The van der Waals surface area contributed by atoms with Gasteiger partial charge in [-0.3, -0.25) is 4.79 Å². The number of carbonyl (C=O) groups is 2. The van der Waals surface area contributed by atoms with Crippen molar-refractivity contribution in [3.8, 4) is 0 Å². The third kappa shape index (κ3) is 4.23. The van der Waals surface area contributed by atoms with Crippen molar-refractivity contribution in [3.63, 3.8) is 0 Å². The van der Waals surface area contributed by atoms with Crippen molar-refractivity contribution in [1.82, 2.24) is 5.32 Å². The molecule has 1 aliphatic carbocycles. The van der Waals surface area contributed by atoms with Crippen LogP contribution in [0.15, 0.2) is 24.3 Å². The van der Waals surface area contributed by atoms with E-state index in [0.717, 1.165) is 6.42 Å². The van der Waals surface area contributed by atoms with Gasteiger partial charge in [0.05, 0.1) is 19.2 Å². The van der Waals surface area contributed by atoms with Crippen LogP contribution in [-0.4, -0.2) is 31.6 Å². The number of ether oxygens (including phenoxy) is 1. The van der Waals surface area contributed by atoms with Crippen molar-refractivity contribution >= 4 is 17.6 Å². The van der Waals surface area contributed by atoms with E-state index in [1.807, 2.05) is 6.07 Å². The molecule has 2 N–H and O–H groups in total.